The van der Waals surface area contributed by atoms with Gasteiger partial charge in [-0.1, -0.05) is 61.4 Å². The predicted molar refractivity (Wildman–Crippen MR) is 130 cm³/mol. The summed E-state index contributed by atoms with van der Waals surface area (Å²) in [4.78, 5) is 37.3. The van der Waals surface area contributed by atoms with Crippen LogP contribution in [0.4, 0.5) is 4.79 Å². The van der Waals surface area contributed by atoms with E-state index in [1.807, 2.05) is 36.4 Å². The first-order valence-corrected chi connectivity index (χ1v) is 12.0. The Labute approximate surface area is 205 Å². The van der Waals surface area contributed by atoms with Gasteiger partial charge in [0.05, 0.1) is 18.1 Å². The number of fused-ring (bicyclic) bond motifs is 3. The first-order chi connectivity index (χ1) is 16.8. The van der Waals surface area contributed by atoms with Crippen LogP contribution in [-0.4, -0.2) is 54.5 Å². The number of hydrogen-bond acceptors (Lipinski definition) is 5. The van der Waals surface area contributed by atoms with Gasteiger partial charge in [0, 0.05) is 13.0 Å². The number of rotatable bonds is 9. The van der Waals surface area contributed by atoms with Crippen molar-refractivity contribution in [3.05, 3.63) is 59.7 Å². The summed E-state index contributed by atoms with van der Waals surface area (Å²) in [5.41, 5.74) is 3.64. The number of methoxy groups -OCH3 is 1. The highest BCUT2D eigenvalue weighted by Crippen LogP contribution is 2.44. The SMILES string of the molecule is COC(C)C(NC(=O)OCC1c2ccccc2-c2ccccc21)C(=O)NC1(CC(=O)O)CCCC1. The van der Waals surface area contributed by atoms with E-state index in [1.165, 1.54) is 7.11 Å². The number of carbonyl (C=O) groups excluding carboxylic acids is 2. The zero-order valence-corrected chi connectivity index (χ0v) is 20.1. The number of carbonyl (C=O) groups is 3. The lowest BCUT2D eigenvalue weighted by atomic mass is 9.92. The first-order valence-electron chi connectivity index (χ1n) is 12.0. The van der Waals surface area contributed by atoms with Gasteiger partial charge in [0.1, 0.15) is 12.6 Å². The number of aliphatic carboxylic acids is 1. The first kappa shape index (κ1) is 24.7. The Morgan fingerprint density at radius 2 is 1.60 bits per heavy atom. The molecule has 2 aliphatic rings. The third-order valence-corrected chi connectivity index (χ3v) is 7.18. The summed E-state index contributed by atoms with van der Waals surface area (Å²) in [5.74, 6) is -1.54. The number of ether oxygens (including phenoxy) is 2. The Balaban J connectivity index is 1.43. The van der Waals surface area contributed by atoms with Crippen molar-refractivity contribution < 1.29 is 29.0 Å². The molecule has 0 aromatic heterocycles. The molecule has 0 radical (unpaired) electrons. The van der Waals surface area contributed by atoms with Gasteiger partial charge in [-0.05, 0) is 42.0 Å². The number of carboxylic acids is 1. The van der Waals surface area contributed by atoms with Gasteiger partial charge >= 0.3 is 12.1 Å². The summed E-state index contributed by atoms with van der Waals surface area (Å²) in [5, 5.41) is 14.9. The van der Waals surface area contributed by atoms with Gasteiger partial charge in [0.25, 0.3) is 0 Å². The van der Waals surface area contributed by atoms with E-state index in [-0.39, 0.29) is 18.9 Å². The molecule has 0 heterocycles. The average molecular weight is 481 g/mol. The molecule has 4 rings (SSSR count). The Morgan fingerprint density at radius 3 is 2.14 bits per heavy atom. The van der Waals surface area contributed by atoms with Crippen LogP contribution in [0.5, 0.6) is 0 Å². The minimum Gasteiger partial charge on any atom is -0.481 e. The van der Waals surface area contributed by atoms with Gasteiger partial charge in [-0.25, -0.2) is 4.79 Å². The van der Waals surface area contributed by atoms with Crippen LogP contribution in [0, 0.1) is 0 Å². The van der Waals surface area contributed by atoms with Gasteiger partial charge in [-0.3, -0.25) is 9.59 Å². The molecule has 3 N–H and O–H groups in total. The van der Waals surface area contributed by atoms with Gasteiger partial charge in [0.15, 0.2) is 0 Å². The smallest absolute Gasteiger partial charge is 0.407 e. The highest BCUT2D eigenvalue weighted by molar-refractivity contribution is 5.87. The number of carboxylic acid groups (broad SMARTS) is 1. The van der Waals surface area contributed by atoms with Crippen molar-refractivity contribution in [2.24, 2.45) is 0 Å². The van der Waals surface area contributed by atoms with E-state index in [0.717, 1.165) is 35.1 Å². The van der Waals surface area contributed by atoms with Gasteiger partial charge < -0.3 is 25.2 Å². The van der Waals surface area contributed by atoms with Crippen LogP contribution in [0.2, 0.25) is 0 Å². The van der Waals surface area contributed by atoms with Crippen LogP contribution in [0.25, 0.3) is 11.1 Å². The molecule has 2 aromatic rings. The molecule has 8 heteroatoms. The van der Waals surface area contributed by atoms with E-state index in [0.29, 0.717) is 12.8 Å². The summed E-state index contributed by atoms with van der Waals surface area (Å²) in [6.07, 6.45) is 1.34. The number of amides is 2. The van der Waals surface area contributed by atoms with Crippen LogP contribution >= 0.6 is 0 Å². The van der Waals surface area contributed by atoms with Crippen molar-refractivity contribution in [2.45, 2.75) is 62.6 Å². The van der Waals surface area contributed by atoms with E-state index < -0.39 is 35.7 Å². The summed E-state index contributed by atoms with van der Waals surface area (Å²) < 4.78 is 10.9. The van der Waals surface area contributed by atoms with Crippen LogP contribution in [0.3, 0.4) is 0 Å². The van der Waals surface area contributed by atoms with Gasteiger partial charge in [0.2, 0.25) is 5.91 Å². The number of alkyl carbamates (subject to hydrolysis) is 1. The summed E-state index contributed by atoms with van der Waals surface area (Å²) in [6.45, 7) is 1.80. The maximum atomic E-state index is 13.2. The second-order valence-electron chi connectivity index (χ2n) is 9.44. The molecule has 8 nitrogen and oxygen atoms in total. The molecule has 2 amide bonds. The van der Waals surface area contributed by atoms with Crippen LogP contribution in [0.1, 0.15) is 56.1 Å². The lowest BCUT2D eigenvalue weighted by Gasteiger charge is -2.32. The summed E-state index contributed by atoms with van der Waals surface area (Å²) in [7, 11) is 1.45. The Morgan fingerprint density at radius 1 is 1.03 bits per heavy atom. The van der Waals surface area contributed by atoms with E-state index in [9.17, 15) is 19.5 Å². The third kappa shape index (κ3) is 5.32. The highest BCUT2D eigenvalue weighted by atomic mass is 16.5. The zero-order chi connectivity index (χ0) is 25.0. The fraction of sp³-hybridized carbons (Fsp3) is 0.444. The molecule has 0 bridgehead atoms. The standard InChI is InChI=1S/C27H32N2O6/c1-17(34-2)24(25(32)29-27(15-23(30)31)13-7-8-14-27)28-26(33)35-16-22-20-11-5-3-9-18(20)19-10-4-6-12-21(19)22/h3-6,9-12,17,22,24H,7-8,13-16H2,1-2H3,(H,28,33)(H,29,32)(H,30,31). The molecular formula is C27H32N2O6. The molecule has 0 aliphatic heterocycles. The highest BCUT2D eigenvalue weighted by Gasteiger charge is 2.40. The number of benzene rings is 2. The number of hydrogen-bond donors (Lipinski definition) is 3. The zero-order valence-electron chi connectivity index (χ0n) is 20.1. The lowest BCUT2D eigenvalue weighted by molar-refractivity contribution is -0.139. The maximum Gasteiger partial charge on any atom is 0.407 e. The van der Waals surface area contributed by atoms with Crippen LogP contribution in [0.15, 0.2) is 48.5 Å². The molecule has 2 aliphatic carbocycles. The minimum absolute atomic E-state index is 0.0994. The van der Waals surface area contributed by atoms with Crippen molar-refractivity contribution in [1.82, 2.24) is 10.6 Å². The minimum atomic E-state index is -1.03. The molecular weight excluding hydrogens is 448 g/mol. The van der Waals surface area contributed by atoms with Crippen molar-refractivity contribution in [2.75, 3.05) is 13.7 Å². The quantitative estimate of drug-likeness (QED) is 0.503. The Kier molecular flexibility index (Phi) is 7.40. The third-order valence-electron chi connectivity index (χ3n) is 7.18. The summed E-state index contributed by atoms with van der Waals surface area (Å²) >= 11 is 0. The van der Waals surface area contributed by atoms with Gasteiger partial charge in [-0.2, -0.15) is 0 Å². The summed E-state index contributed by atoms with van der Waals surface area (Å²) in [6, 6.07) is 15.1. The fourth-order valence-electron chi connectivity index (χ4n) is 5.33. The number of nitrogens with one attached hydrogen (secondary N) is 2. The van der Waals surface area contributed by atoms with Crippen LogP contribution < -0.4 is 10.6 Å². The van der Waals surface area contributed by atoms with Crippen LogP contribution in [-0.2, 0) is 19.1 Å². The largest absolute Gasteiger partial charge is 0.481 e. The topological polar surface area (TPSA) is 114 Å². The molecule has 1 saturated carbocycles. The fourth-order valence-corrected chi connectivity index (χ4v) is 5.33. The Bertz CT molecular complexity index is 1050. The molecule has 1 fully saturated rings. The predicted octanol–water partition coefficient (Wildman–Crippen LogP) is 3.83. The van der Waals surface area contributed by atoms with Gasteiger partial charge in [-0.15, -0.1) is 0 Å². The molecule has 0 spiro atoms. The molecule has 2 aromatic carbocycles. The molecule has 2 atom stereocenters. The lowest BCUT2D eigenvalue weighted by Crippen LogP contribution is -2.58. The molecule has 186 valence electrons. The van der Waals surface area contributed by atoms with E-state index in [2.05, 4.69) is 22.8 Å². The van der Waals surface area contributed by atoms with E-state index >= 15 is 0 Å². The van der Waals surface area contributed by atoms with E-state index in [1.54, 1.807) is 6.92 Å². The van der Waals surface area contributed by atoms with Crippen molar-refractivity contribution in [1.29, 1.82) is 0 Å². The molecule has 35 heavy (non-hydrogen) atoms. The van der Waals surface area contributed by atoms with Crippen molar-refractivity contribution >= 4 is 18.0 Å². The monoisotopic (exact) mass is 480 g/mol. The molecule has 2 unspecified atom stereocenters. The normalized spacial score (nSPS) is 17.7. The average Bonchev–Trinajstić information content (AvgIpc) is 3.42. The second-order valence-corrected chi connectivity index (χ2v) is 9.44. The second kappa shape index (κ2) is 10.5. The maximum absolute atomic E-state index is 13.2. The Hall–Kier alpha value is -3.39. The van der Waals surface area contributed by atoms with Crippen molar-refractivity contribution in [3.63, 3.8) is 0 Å². The van der Waals surface area contributed by atoms with E-state index in [4.69, 9.17) is 9.47 Å². The molecule has 0 saturated heterocycles. The van der Waals surface area contributed by atoms with Crippen molar-refractivity contribution in [3.8, 4) is 11.1 Å².